The number of rotatable bonds is 2. The van der Waals surface area contributed by atoms with Gasteiger partial charge in [-0.25, -0.2) is 4.36 Å². The van der Waals surface area contributed by atoms with E-state index in [1.807, 2.05) is 6.92 Å². The Kier molecular flexibility index (Phi) is 6.43. The molecule has 0 aromatic carbocycles. The van der Waals surface area contributed by atoms with E-state index >= 15 is 0 Å². The Bertz CT molecular complexity index is 156. The molecule has 0 bridgehead atoms. The lowest BCUT2D eigenvalue weighted by Gasteiger charge is -1.93. The van der Waals surface area contributed by atoms with Crippen molar-refractivity contribution in [2.45, 2.75) is 13.0 Å². The number of methoxy groups -OCH3 is 1. The van der Waals surface area contributed by atoms with Crippen LogP contribution in [-0.2, 0) is 15.9 Å². The van der Waals surface area contributed by atoms with Gasteiger partial charge in [0.1, 0.15) is 0 Å². The normalized spacial score (nSPS) is 12.4. The van der Waals surface area contributed by atoms with Crippen LogP contribution in [0.2, 0.25) is 0 Å². The molecule has 60 valence electrons. The monoisotopic (exact) mass is 201 g/mol. The highest BCUT2D eigenvalue weighted by Gasteiger charge is 1.92. The molecule has 0 aliphatic heterocycles. The van der Waals surface area contributed by atoms with E-state index in [4.69, 9.17) is 23.2 Å². The molecule has 0 aliphatic carbocycles. The molecule has 0 N–H and O–H groups in total. The Hall–Kier alpha value is 0.430. The highest BCUT2D eigenvalue weighted by molar-refractivity contribution is 7.71. The number of halogens is 2. The van der Waals surface area contributed by atoms with Crippen molar-refractivity contribution < 1.29 is 4.74 Å². The van der Waals surface area contributed by atoms with Crippen molar-refractivity contribution in [1.29, 1.82) is 0 Å². The molecule has 0 rings (SSSR count). The average molecular weight is 202 g/mol. The number of hydrogen-bond acceptors (Lipinski definition) is 2. The Labute approximate surface area is 74.2 Å². The maximum atomic E-state index is 5.49. The van der Waals surface area contributed by atoms with Crippen LogP contribution < -0.4 is 0 Å². The van der Waals surface area contributed by atoms with E-state index < -0.39 is 0 Å². The van der Waals surface area contributed by atoms with Gasteiger partial charge in [-0.3, -0.25) is 0 Å². The minimum Gasteiger partial charge on any atom is -0.329 e. The molecular formula is C5H9Cl2NOS. The van der Waals surface area contributed by atoms with Crippen molar-refractivity contribution in [3.05, 3.63) is 0 Å². The van der Waals surface area contributed by atoms with E-state index in [-0.39, 0.29) is 6.04 Å². The maximum absolute atomic E-state index is 5.49. The lowest BCUT2D eigenvalue weighted by Crippen LogP contribution is -1.98. The predicted octanol–water partition coefficient (Wildman–Crippen LogP) is 1.85. The molecule has 1 unspecified atom stereocenters. The van der Waals surface area contributed by atoms with Crippen LogP contribution in [-0.4, -0.2) is 23.5 Å². The van der Waals surface area contributed by atoms with Crippen LogP contribution in [0.15, 0.2) is 4.36 Å². The fraction of sp³-hybridized carbons (Fsp3) is 0.800. The lowest BCUT2D eigenvalue weighted by molar-refractivity contribution is 0.424. The molecular weight excluding hydrogens is 193 g/mol. The third-order valence-corrected chi connectivity index (χ3v) is 2.27. The molecule has 0 saturated carbocycles. The first-order valence-corrected chi connectivity index (χ1v) is 4.38. The third-order valence-electron chi connectivity index (χ3n) is 0.688. The summed E-state index contributed by atoms with van der Waals surface area (Å²) in [5.74, 6) is 0.501. The first-order chi connectivity index (χ1) is 4.70. The van der Waals surface area contributed by atoms with Gasteiger partial charge in [0.05, 0.1) is 6.04 Å². The summed E-state index contributed by atoms with van der Waals surface area (Å²) in [6, 6.07) is 0.107. The molecule has 0 aromatic rings. The van der Waals surface area contributed by atoms with Gasteiger partial charge in [-0.15, -0.1) is 11.6 Å². The number of alkyl halides is 1. The van der Waals surface area contributed by atoms with Crippen LogP contribution in [0.3, 0.4) is 0 Å². The van der Waals surface area contributed by atoms with Crippen LogP contribution in [0.25, 0.3) is 0 Å². The van der Waals surface area contributed by atoms with E-state index in [2.05, 4.69) is 9.10 Å². The highest BCUT2D eigenvalue weighted by Crippen LogP contribution is 1.91. The lowest BCUT2D eigenvalue weighted by atomic mass is 10.4. The molecule has 10 heavy (non-hydrogen) atoms. The first-order valence-electron chi connectivity index (χ1n) is 2.70. The fourth-order valence-corrected chi connectivity index (χ4v) is 0.879. The summed E-state index contributed by atoms with van der Waals surface area (Å²) >= 11 is 12.1. The standard InChI is InChI=1S/C5H9Cl2NOS/c1-4(3-6)8-10-5(7)9-2/h4H,3H2,1-2H3. The van der Waals surface area contributed by atoms with Crippen molar-refractivity contribution >= 4 is 38.9 Å². The van der Waals surface area contributed by atoms with Crippen molar-refractivity contribution in [2.24, 2.45) is 4.36 Å². The van der Waals surface area contributed by atoms with Gasteiger partial charge in [-0.05, 0) is 29.7 Å². The summed E-state index contributed by atoms with van der Waals surface area (Å²) in [5.41, 5.74) is 0. The molecule has 0 fully saturated rings. The Morgan fingerprint density at radius 3 is 2.80 bits per heavy atom. The molecule has 1 atom stereocenters. The largest absolute Gasteiger partial charge is 0.329 e. The van der Waals surface area contributed by atoms with Crippen LogP contribution in [0.1, 0.15) is 6.92 Å². The van der Waals surface area contributed by atoms with Gasteiger partial charge < -0.3 is 4.74 Å². The van der Waals surface area contributed by atoms with Crippen LogP contribution in [0.5, 0.6) is 0 Å². The zero-order chi connectivity index (χ0) is 7.98. The molecule has 0 spiro atoms. The van der Waals surface area contributed by atoms with E-state index in [0.717, 1.165) is 11.1 Å². The number of nitrogens with zero attached hydrogens (tertiary/aromatic N) is 1. The summed E-state index contributed by atoms with van der Waals surface area (Å²) < 4.78 is 8.97. The van der Waals surface area contributed by atoms with Gasteiger partial charge in [-0.1, -0.05) is 0 Å². The van der Waals surface area contributed by atoms with Crippen LogP contribution in [0, 0.1) is 0 Å². The maximum Gasteiger partial charge on any atom is 0.216 e. The van der Waals surface area contributed by atoms with Gasteiger partial charge in [0.2, 0.25) is 4.51 Å². The second-order valence-corrected chi connectivity index (χ2v) is 3.28. The van der Waals surface area contributed by atoms with E-state index in [1.165, 1.54) is 7.11 Å². The SMILES string of the molecule is COC(Cl)=S=NC(C)CCl. The topological polar surface area (TPSA) is 21.6 Å². The highest BCUT2D eigenvalue weighted by atomic mass is 35.5. The summed E-state index contributed by atoms with van der Waals surface area (Å²) in [4.78, 5) is 0. The second-order valence-electron chi connectivity index (χ2n) is 1.64. The molecule has 0 aliphatic rings. The van der Waals surface area contributed by atoms with Gasteiger partial charge >= 0.3 is 0 Å². The van der Waals surface area contributed by atoms with Gasteiger partial charge in [-0.2, -0.15) is 0 Å². The van der Waals surface area contributed by atoms with E-state index in [1.54, 1.807) is 0 Å². The Morgan fingerprint density at radius 2 is 2.40 bits per heavy atom. The molecule has 0 heterocycles. The number of hydrogen-bond donors (Lipinski definition) is 0. The zero-order valence-corrected chi connectivity index (χ0v) is 8.13. The van der Waals surface area contributed by atoms with Crippen molar-refractivity contribution in [3.8, 4) is 0 Å². The van der Waals surface area contributed by atoms with Gasteiger partial charge in [0, 0.05) is 13.0 Å². The minimum absolute atomic E-state index is 0.107. The predicted molar refractivity (Wildman–Crippen MR) is 47.8 cm³/mol. The van der Waals surface area contributed by atoms with E-state index in [0.29, 0.717) is 10.4 Å². The zero-order valence-electron chi connectivity index (χ0n) is 5.80. The second kappa shape index (κ2) is 6.16. The average Bonchev–Trinajstić information content (AvgIpc) is 1.99. The van der Waals surface area contributed by atoms with Crippen molar-refractivity contribution in [2.75, 3.05) is 13.0 Å². The summed E-state index contributed by atoms with van der Waals surface area (Å²) in [7, 11) is 1.50. The molecule has 0 saturated heterocycles. The van der Waals surface area contributed by atoms with Gasteiger partial charge in [0.15, 0.2) is 0 Å². The molecule has 0 radical (unpaired) electrons. The summed E-state index contributed by atoms with van der Waals surface area (Å²) in [5, 5.41) is 0. The minimum atomic E-state index is 0.107. The Morgan fingerprint density at radius 1 is 1.80 bits per heavy atom. The summed E-state index contributed by atoms with van der Waals surface area (Å²) in [6.07, 6.45) is 0. The quantitative estimate of drug-likeness (QED) is 0.380. The smallest absolute Gasteiger partial charge is 0.216 e. The molecule has 2 nitrogen and oxygen atoms in total. The van der Waals surface area contributed by atoms with Crippen LogP contribution in [0.4, 0.5) is 0 Å². The number of ether oxygens (including phenoxy) is 1. The van der Waals surface area contributed by atoms with Gasteiger partial charge in [0.25, 0.3) is 0 Å². The third kappa shape index (κ3) is 5.23. The van der Waals surface area contributed by atoms with E-state index in [9.17, 15) is 0 Å². The Balaban J connectivity index is 3.94. The van der Waals surface area contributed by atoms with Crippen molar-refractivity contribution in [3.63, 3.8) is 0 Å². The van der Waals surface area contributed by atoms with Crippen molar-refractivity contribution in [1.82, 2.24) is 0 Å². The van der Waals surface area contributed by atoms with Crippen LogP contribution >= 0.6 is 23.2 Å². The molecule has 5 heteroatoms. The fourth-order valence-electron chi connectivity index (χ4n) is 0.197. The first kappa shape index (κ1) is 10.4. The molecule has 0 amide bonds. The summed E-state index contributed by atoms with van der Waals surface area (Å²) in [6.45, 7) is 1.90. The molecule has 0 aromatic heterocycles.